The summed E-state index contributed by atoms with van der Waals surface area (Å²) in [6, 6.07) is 0.0185. The molecule has 0 saturated carbocycles. The van der Waals surface area contributed by atoms with E-state index in [-0.39, 0.29) is 18.4 Å². The number of hydrogen-bond acceptors (Lipinski definition) is 1. The molecule has 0 rings (SSSR count). The van der Waals surface area contributed by atoms with Crippen molar-refractivity contribution in [3.8, 4) is 0 Å². The van der Waals surface area contributed by atoms with Crippen LogP contribution in [0.15, 0.2) is 0 Å². The molecule has 0 spiro atoms. The molecule has 46 valence electrons. The first-order valence-electron chi connectivity index (χ1n) is 2.17. The van der Waals surface area contributed by atoms with Gasteiger partial charge in [-0.25, -0.2) is 0 Å². The van der Waals surface area contributed by atoms with Crippen LogP contribution in [0, 0.1) is 0 Å². The lowest BCUT2D eigenvalue weighted by molar-refractivity contribution is 0.277. The van der Waals surface area contributed by atoms with E-state index in [0.29, 0.717) is 0 Å². The van der Waals surface area contributed by atoms with Crippen LogP contribution in [0.3, 0.4) is 0 Å². The zero-order valence-electron chi connectivity index (χ0n) is 4.57. The van der Waals surface area contributed by atoms with E-state index in [1.807, 2.05) is 6.92 Å². The lowest BCUT2D eigenvalue weighted by Gasteiger charge is -1.97. The molecule has 0 aliphatic carbocycles. The Kier molecular flexibility index (Phi) is 9.02. The average Bonchev–Trinajstić information content (AvgIpc) is 1.65. The van der Waals surface area contributed by atoms with E-state index in [4.69, 9.17) is 0 Å². The van der Waals surface area contributed by atoms with Crippen molar-refractivity contribution >= 4 is 12.4 Å². The van der Waals surface area contributed by atoms with Crippen molar-refractivity contribution in [3.63, 3.8) is 0 Å². The summed E-state index contributed by atoms with van der Waals surface area (Å²) in [5, 5.41) is 0. The van der Waals surface area contributed by atoms with Gasteiger partial charge in [-0.3, -0.25) is 0 Å². The minimum Gasteiger partial charge on any atom is -0.157 e. The number of halogens is 2. The summed E-state index contributed by atoms with van der Waals surface area (Å²) in [5.74, 6) is 0. The molecule has 1 unspecified atom stereocenters. The van der Waals surface area contributed by atoms with E-state index in [9.17, 15) is 4.48 Å². The van der Waals surface area contributed by atoms with Gasteiger partial charge in [-0.2, -0.15) is 5.54 Å². The smallest absolute Gasteiger partial charge is 0.0341 e. The first-order chi connectivity index (χ1) is 2.81. The topological polar surface area (TPSA) is 12.0 Å². The lowest BCUT2D eigenvalue weighted by Crippen LogP contribution is -2.14. The van der Waals surface area contributed by atoms with Gasteiger partial charge in [-0.1, -0.05) is 6.92 Å². The Hall–Kier alpha value is 0.180. The molecule has 1 N–H and O–H groups in total. The molecule has 0 aliphatic heterocycles. The minimum absolute atomic E-state index is 0. The van der Waals surface area contributed by atoms with Gasteiger partial charge < -0.3 is 0 Å². The van der Waals surface area contributed by atoms with Gasteiger partial charge in [0.05, 0.1) is 0 Å². The maximum absolute atomic E-state index is 11.1. The van der Waals surface area contributed by atoms with Crippen molar-refractivity contribution in [1.29, 1.82) is 0 Å². The van der Waals surface area contributed by atoms with E-state index >= 15 is 0 Å². The Morgan fingerprint density at radius 1 is 1.71 bits per heavy atom. The molecule has 0 fully saturated rings. The Morgan fingerprint density at radius 2 is 2.14 bits per heavy atom. The molecule has 0 aromatic rings. The third kappa shape index (κ3) is 6.18. The SMILES string of the molecule is CCC(C)NF.Cl. The van der Waals surface area contributed by atoms with E-state index in [0.717, 1.165) is 6.42 Å². The van der Waals surface area contributed by atoms with Gasteiger partial charge >= 0.3 is 0 Å². The van der Waals surface area contributed by atoms with Crippen LogP contribution in [0.25, 0.3) is 0 Å². The van der Waals surface area contributed by atoms with Crippen molar-refractivity contribution in [2.75, 3.05) is 0 Å². The Bertz CT molecular complexity index is 30.9. The van der Waals surface area contributed by atoms with Crippen molar-refractivity contribution in [1.82, 2.24) is 5.54 Å². The van der Waals surface area contributed by atoms with Crippen LogP contribution >= 0.6 is 12.4 Å². The van der Waals surface area contributed by atoms with Gasteiger partial charge in [0.1, 0.15) is 0 Å². The molecule has 3 heteroatoms. The zero-order valence-corrected chi connectivity index (χ0v) is 5.39. The fourth-order valence-corrected chi connectivity index (χ4v) is 0.0772. The molecule has 0 aliphatic rings. The third-order valence-electron chi connectivity index (χ3n) is 0.799. The fourth-order valence-electron chi connectivity index (χ4n) is 0.0772. The quantitative estimate of drug-likeness (QED) is 0.557. The first kappa shape index (κ1) is 10.2. The summed E-state index contributed by atoms with van der Waals surface area (Å²) >= 11 is 0. The average molecular weight is 128 g/mol. The van der Waals surface area contributed by atoms with Gasteiger partial charge in [-0.05, 0) is 13.3 Å². The molecule has 0 radical (unpaired) electrons. The van der Waals surface area contributed by atoms with E-state index in [1.54, 1.807) is 12.5 Å². The monoisotopic (exact) mass is 127 g/mol. The van der Waals surface area contributed by atoms with Crippen molar-refractivity contribution < 1.29 is 4.48 Å². The second kappa shape index (κ2) is 6.18. The summed E-state index contributed by atoms with van der Waals surface area (Å²) in [6.07, 6.45) is 0.844. The summed E-state index contributed by atoms with van der Waals surface area (Å²) in [5.41, 5.74) is 1.61. The van der Waals surface area contributed by atoms with Gasteiger partial charge in [0, 0.05) is 6.04 Å². The van der Waals surface area contributed by atoms with Crippen LogP contribution < -0.4 is 5.54 Å². The van der Waals surface area contributed by atoms with Gasteiger partial charge in [0.15, 0.2) is 0 Å². The molecular formula is C4H11ClFN. The van der Waals surface area contributed by atoms with Gasteiger partial charge in [0.2, 0.25) is 0 Å². The molecular weight excluding hydrogens is 117 g/mol. The number of nitrogens with one attached hydrogen (secondary N) is 1. The zero-order chi connectivity index (χ0) is 4.99. The molecule has 0 saturated heterocycles. The molecule has 0 amide bonds. The highest BCUT2D eigenvalue weighted by atomic mass is 35.5. The minimum atomic E-state index is 0. The highest BCUT2D eigenvalue weighted by Gasteiger charge is 1.90. The fraction of sp³-hybridized carbons (Fsp3) is 1.00. The molecule has 1 atom stereocenters. The van der Waals surface area contributed by atoms with Crippen LogP contribution in [0.4, 0.5) is 4.48 Å². The molecule has 0 bridgehead atoms. The molecule has 0 aromatic carbocycles. The van der Waals surface area contributed by atoms with Crippen molar-refractivity contribution in [2.45, 2.75) is 26.3 Å². The Balaban J connectivity index is 0. The van der Waals surface area contributed by atoms with Crippen molar-refractivity contribution in [3.05, 3.63) is 0 Å². The van der Waals surface area contributed by atoms with Crippen LogP contribution in [-0.4, -0.2) is 6.04 Å². The van der Waals surface area contributed by atoms with Gasteiger partial charge in [-0.15, -0.1) is 16.9 Å². The van der Waals surface area contributed by atoms with Crippen molar-refractivity contribution in [2.24, 2.45) is 0 Å². The second-order valence-electron chi connectivity index (χ2n) is 1.42. The second-order valence-corrected chi connectivity index (χ2v) is 1.42. The predicted molar refractivity (Wildman–Crippen MR) is 31.2 cm³/mol. The summed E-state index contributed by atoms with van der Waals surface area (Å²) in [6.45, 7) is 3.72. The summed E-state index contributed by atoms with van der Waals surface area (Å²) in [7, 11) is 0. The maximum Gasteiger partial charge on any atom is 0.0341 e. The van der Waals surface area contributed by atoms with E-state index in [1.165, 1.54) is 0 Å². The standard InChI is InChI=1S/C4H10FN.ClH/c1-3-4(2)6-5;/h4,6H,3H2,1-2H3;1H. The highest BCUT2D eigenvalue weighted by molar-refractivity contribution is 5.85. The molecule has 7 heavy (non-hydrogen) atoms. The van der Waals surface area contributed by atoms with Crippen LogP contribution in [0.2, 0.25) is 0 Å². The molecule has 0 aromatic heterocycles. The molecule has 1 nitrogen and oxygen atoms in total. The summed E-state index contributed by atoms with van der Waals surface area (Å²) in [4.78, 5) is 0. The lowest BCUT2D eigenvalue weighted by atomic mass is 10.3. The first-order valence-corrected chi connectivity index (χ1v) is 2.17. The Labute approximate surface area is 49.6 Å². The van der Waals surface area contributed by atoms with E-state index in [2.05, 4.69) is 0 Å². The largest absolute Gasteiger partial charge is 0.157 e. The molecule has 0 heterocycles. The highest BCUT2D eigenvalue weighted by Crippen LogP contribution is 1.84. The maximum atomic E-state index is 11.1. The number of hydrogen-bond donors (Lipinski definition) is 1. The van der Waals surface area contributed by atoms with Crippen LogP contribution in [-0.2, 0) is 0 Å². The summed E-state index contributed by atoms with van der Waals surface area (Å²) < 4.78 is 11.1. The van der Waals surface area contributed by atoms with Crippen LogP contribution in [0.5, 0.6) is 0 Å². The third-order valence-corrected chi connectivity index (χ3v) is 0.799. The van der Waals surface area contributed by atoms with E-state index < -0.39 is 0 Å². The van der Waals surface area contributed by atoms with Crippen LogP contribution in [0.1, 0.15) is 20.3 Å². The predicted octanol–water partition coefficient (Wildman–Crippen LogP) is 1.68. The number of rotatable bonds is 2. The van der Waals surface area contributed by atoms with Gasteiger partial charge in [0.25, 0.3) is 0 Å². The Morgan fingerprint density at radius 3 is 2.14 bits per heavy atom. The normalized spacial score (nSPS) is 12.4.